The summed E-state index contributed by atoms with van der Waals surface area (Å²) in [7, 11) is 0. The van der Waals surface area contributed by atoms with Gasteiger partial charge in [-0.3, -0.25) is 14.4 Å². The highest BCUT2D eigenvalue weighted by molar-refractivity contribution is 8.01. The van der Waals surface area contributed by atoms with Gasteiger partial charge in [0.25, 0.3) is 5.91 Å². The zero-order valence-corrected chi connectivity index (χ0v) is 17.4. The van der Waals surface area contributed by atoms with E-state index in [4.69, 9.17) is 4.74 Å². The van der Waals surface area contributed by atoms with Crippen LogP contribution in [0.2, 0.25) is 0 Å². The number of anilines is 2. The number of benzene rings is 2. The third-order valence-electron chi connectivity index (χ3n) is 4.51. The number of carbonyl (C=O) groups excluding carboxylic acids is 3. The first kappa shape index (κ1) is 22.7. The van der Waals surface area contributed by atoms with Gasteiger partial charge in [-0.1, -0.05) is 12.1 Å². The summed E-state index contributed by atoms with van der Waals surface area (Å²) < 4.78 is 43.4. The van der Waals surface area contributed by atoms with Crippen molar-refractivity contribution in [2.24, 2.45) is 0 Å². The number of nitrogens with one attached hydrogen (secondary N) is 2. The number of amides is 2. The molecule has 0 aliphatic carbocycles. The lowest BCUT2D eigenvalue weighted by Gasteiger charge is -2.24. The van der Waals surface area contributed by atoms with Gasteiger partial charge in [-0.05, 0) is 49.2 Å². The van der Waals surface area contributed by atoms with Crippen LogP contribution in [-0.2, 0) is 25.3 Å². The van der Waals surface area contributed by atoms with Crippen LogP contribution in [0.1, 0.15) is 23.1 Å². The zero-order valence-electron chi connectivity index (χ0n) is 16.6. The van der Waals surface area contributed by atoms with Crippen molar-refractivity contribution in [1.29, 1.82) is 0 Å². The van der Waals surface area contributed by atoms with Crippen LogP contribution in [0.25, 0.3) is 0 Å². The molecule has 2 aromatic rings. The summed E-state index contributed by atoms with van der Waals surface area (Å²) in [5, 5.41) is 4.17. The highest BCUT2D eigenvalue weighted by Gasteiger charge is 2.34. The number of hydrogen-bond donors (Lipinski definition) is 2. The van der Waals surface area contributed by atoms with Crippen molar-refractivity contribution >= 4 is 40.9 Å². The Bertz CT molecular complexity index is 1040. The van der Waals surface area contributed by atoms with Crippen LogP contribution in [-0.4, -0.2) is 29.6 Å². The molecule has 0 fully saturated rings. The number of thioether (sulfide) groups is 1. The topological polar surface area (TPSA) is 84.5 Å². The highest BCUT2D eigenvalue weighted by atomic mass is 32.2. The number of esters is 1. The molecule has 10 heteroatoms. The van der Waals surface area contributed by atoms with Crippen LogP contribution < -0.4 is 10.6 Å². The molecule has 1 aliphatic rings. The number of alkyl halides is 3. The number of rotatable bonds is 5. The van der Waals surface area contributed by atoms with Crippen molar-refractivity contribution in [3.05, 3.63) is 53.1 Å². The molecule has 0 bridgehead atoms. The Hall–Kier alpha value is -3.01. The summed E-state index contributed by atoms with van der Waals surface area (Å²) in [4.78, 5) is 36.8. The van der Waals surface area contributed by atoms with Crippen LogP contribution in [0.15, 0.2) is 41.3 Å². The number of ether oxygens (including phenoxy) is 1. The molecule has 2 aromatic carbocycles. The monoisotopic (exact) mass is 452 g/mol. The molecule has 3 rings (SSSR count). The quantitative estimate of drug-likeness (QED) is 0.661. The maximum absolute atomic E-state index is 12.8. The van der Waals surface area contributed by atoms with Crippen molar-refractivity contribution in [2.75, 3.05) is 17.2 Å². The van der Waals surface area contributed by atoms with Crippen LogP contribution in [0.3, 0.4) is 0 Å². The standard InChI is InChI=1S/C21H19F3N2O4S/c1-11-3-4-12(2)14(7-11)25-18(27)10-30-19(28)9-17-20(29)26-15-8-13(21(22,23)24)5-6-16(15)31-17/h3-8,17H,9-10H2,1-2H3,(H,25,27)(H,26,29)/t17-/m1/s1. The summed E-state index contributed by atoms with van der Waals surface area (Å²) in [6.07, 6.45) is -4.85. The number of halogens is 3. The maximum atomic E-state index is 12.8. The fourth-order valence-electron chi connectivity index (χ4n) is 2.87. The molecule has 2 N–H and O–H groups in total. The molecule has 0 radical (unpaired) electrons. The summed E-state index contributed by atoms with van der Waals surface area (Å²) in [5.74, 6) is -1.89. The summed E-state index contributed by atoms with van der Waals surface area (Å²) >= 11 is 0.972. The normalized spacial score (nSPS) is 15.6. The van der Waals surface area contributed by atoms with Gasteiger partial charge in [-0.25, -0.2) is 0 Å². The lowest BCUT2D eigenvalue weighted by atomic mass is 10.1. The number of fused-ring (bicyclic) bond motifs is 1. The number of aryl methyl sites for hydroxylation is 2. The van der Waals surface area contributed by atoms with E-state index in [0.717, 1.165) is 35.0 Å². The molecular weight excluding hydrogens is 433 g/mol. The summed E-state index contributed by atoms with van der Waals surface area (Å²) in [6, 6.07) is 8.56. The maximum Gasteiger partial charge on any atom is 0.416 e. The van der Waals surface area contributed by atoms with E-state index >= 15 is 0 Å². The first-order chi connectivity index (χ1) is 14.5. The van der Waals surface area contributed by atoms with Crippen LogP contribution >= 0.6 is 11.8 Å². The molecule has 0 aromatic heterocycles. The SMILES string of the molecule is Cc1ccc(C)c(NC(=O)COC(=O)C[C@H]2Sc3ccc(C(F)(F)F)cc3NC2=O)c1. The highest BCUT2D eigenvalue weighted by Crippen LogP contribution is 2.40. The minimum Gasteiger partial charge on any atom is -0.456 e. The van der Waals surface area contributed by atoms with E-state index in [9.17, 15) is 27.6 Å². The van der Waals surface area contributed by atoms with Crippen LogP contribution in [0.5, 0.6) is 0 Å². The lowest BCUT2D eigenvalue weighted by Crippen LogP contribution is -2.32. The fraction of sp³-hybridized carbons (Fsp3) is 0.286. The van der Waals surface area contributed by atoms with Gasteiger partial charge in [0.15, 0.2) is 6.61 Å². The van der Waals surface area contributed by atoms with Gasteiger partial charge < -0.3 is 15.4 Å². The van der Waals surface area contributed by atoms with Crippen LogP contribution in [0, 0.1) is 13.8 Å². The Labute approximate surface area is 180 Å². The second-order valence-corrected chi connectivity index (χ2v) is 8.28. The Morgan fingerprint density at radius 3 is 2.61 bits per heavy atom. The molecule has 0 spiro atoms. The average Bonchev–Trinajstić information content (AvgIpc) is 2.68. The Kier molecular flexibility index (Phi) is 6.59. The van der Waals surface area contributed by atoms with Crippen molar-refractivity contribution < 1.29 is 32.3 Å². The predicted octanol–water partition coefficient (Wildman–Crippen LogP) is 4.31. The van der Waals surface area contributed by atoms with Gasteiger partial charge in [-0.2, -0.15) is 13.2 Å². The molecule has 1 heterocycles. The largest absolute Gasteiger partial charge is 0.456 e. The van der Waals surface area contributed by atoms with Crippen molar-refractivity contribution in [3.63, 3.8) is 0 Å². The van der Waals surface area contributed by atoms with Gasteiger partial charge in [0.05, 0.1) is 22.9 Å². The number of carbonyl (C=O) groups is 3. The minimum absolute atomic E-state index is 0.0438. The third-order valence-corrected chi connectivity index (χ3v) is 5.79. The van der Waals surface area contributed by atoms with E-state index in [1.54, 1.807) is 6.07 Å². The molecule has 1 aliphatic heterocycles. The molecule has 1 atom stereocenters. The smallest absolute Gasteiger partial charge is 0.416 e. The molecule has 0 unspecified atom stereocenters. The summed E-state index contributed by atoms with van der Waals surface area (Å²) in [6.45, 7) is 3.19. The van der Waals surface area contributed by atoms with E-state index in [0.29, 0.717) is 10.6 Å². The van der Waals surface area contributed by atoms with Crippen molar-refractivity contribution in [2.45, 2.75) is 36.6 Å². The second kappa shape index (κ2) is 9.01. The fourth-order valence-corrected chi connectivity index (χ4v) is 3.95. The third kappa shape index (κ3) is 5.78. The number of hydrogen-bond acceptors (Lipinski definition) is 5. The lowest BCUT2D eigenvalue weighted by molar-refractivity contribution is -0.147. The Morgan fingerprint density at radius 2 is 1.90 bits per heavy atom. The van der Waals surface area contributed by atoms with E-state index in [-0.39, 0.29) is 12.1 Å². The minimum atomic E-state index is -4.53. The van der Waals surface area contributed by atoms with Crippen LogP contribution in [0.4, 0.5) is 24.5 Å². The molecular formula is C21H19F3N2O4S. The molecule has 0 saturated heterocycles. The Morgan fingerprint density at radius 1 is 1.16 bits per heavy atom. The predicted molar refractivity (Wildman–Crippen MR) is 110 cm³/mol. The van der Waals surface area contributed by atoms with Crippen molar-refractivity contribution in [1.82, 2.24) is 0 Å². The molecule has 6 nitrogen and oxygen atoms in total. The molecule has 164 valence electrons. The van der Waals surface area contributed by atoms with E-state index in [1.807, 2.05) is 26.0 Å². The van der Waals surface area contributed by atoms with Gasteiger partial charge in [0, 0.05) is 10.6 Å². The molecule has 2 amide bonds. The van der Waals surface area contributed by atoms with Gasteiger partial charge >= 0.3 is 12.1 Å². The molecule has 0 saturated carbocycles. The average molecular weight is 452 g/mol. The van der Waals surface area contributed by atoms with E-state index in [1.165, 1.54) is 6.07 Å². The van der Waals surface area contributed by atoms with Crippen molar-refractivity contribution in [3.8, 4) is 0 Å². The van der Waals surface area contributed by atoms with Gasteiger partial charge in [0.2, 0.25) is 5.91 Å². The second-order valence-electron chi connectivity index (χ2n) is 7.04. The zero-order chi connectivity index (χ0) is 22.8. The van der Waals surface area contributed by atoms with E-state index < -0.39 is 41.4 Å². The first-order valence-electron chi connectivity index (χ1n) is 9.24. The van der Waals surface area contributed by atoms with E-state index in [2.05, 4.69) is 10.6 Å². The van der Waals surface area contributed by atoms with Gasteiger partial charge in [-0.15, -0.1) is 11.8 Å². The first-order valence-corrected chi connectivity index (χ1v) is 10.1. The summed E-state index contributed by atoms with van der Waals surface area (Å²) in [5.41, 5.74) is 1.59. The Balaban J connectivity index is 1.54. The molecule has 31 heavy (non-hydrogen) atoms. The van der Waals surface area contributed by atoms with Gasteiger partial charge in [0.1, 0.15) is 0 Å².